The Hall–Kier alpha value is -2.60. The van der Waals surface area contributed by atoms with E-state index in [0.717, 1.165) is 22.3 Å². The first-order valence-electron chi connectivity index (χ1n) is 7.82. The summed E-state index contributed by atoms with van der Waals surface area (Å²) in [7, 11) is 0. The standard InChI is InChI=1S/C18H18ClFN4O/c1-10-3-2-4-15(20)16(10)12-5-6-14(19)11-7-8-24(9-13(11)12)18(25)23-17(21)22/h2-6H,7-9H2,1H3,(H4,21,22,23,25). The van der Waals surface area contributed by atoms with Crippen LogP contribution in [-0.2, 0) is 13.0 Å². The zero-order valence-electron chi connectivity index (χ0n) is 13.7. The smallest absolute Gasteiger partial charge is 0.347 e. The van der Waals surface area contributed by atoms with Gasteiger partial charge < -0.3 is 16.4 Å². The van der Waals surface area contributed by atoms with Crippen LogP contribution in [0.25, 0.3) is 11.1 Å². The van der Waals surface area contributed by atoms with Gasteiger partial charge in [0, 0.05) is 23.7 Å². The van der Waals surface area contributed by atoms with Gasteiger partial charge >= 0.3 is 6.03 Å². The van der Waals surface area contributed by atoms with Crippen LogP contribution in [0.2, 0.25) is 5.02 Å². The number of guanidine groups is 1. The molecule has 0 unspecified atom stereocenters. The predicted octanol–water partition coefficient (Wildman–Crippen LogP) is 3.21. The van der Waals surface area contributed by atoms with Gasteiger partial charge in [0.25, 0.3) is 0 Å². The lowest BCUT2D eigenvalue weighted by Crippen LogP contribution is -2.36. The fraction of sp³-hybridized carbons (Fsp3) is 0.222. The summed E-state index contributed by atoms with van der Waals surface area (Å²) in [5.41, 5.74) is 14.4. The average Bonchev–Trinajstić information content (AvgIpc) is 2.55. The molecule has 2 aromatic rings. The summed E-state index contributed by atoms with van der Waals surface area (Å²) >= 11 is 6.33. The average molecular weight is 361 g/mol. The Balaban J connectivity index is 2.10. The zero-order chi connectivity index (χ0) is 18.1. The molecule has 0 aromatic heterocycles. The number of benzene rings is 2. The zero-order valence-corrected chi connectivity index (χ0v) is 14.5. The molecule has 1 heterocycles. The summed E-state index contributed by atoms with van der Waals surface area (Å²) in [6.07, 6.45) is 0.557. The Bertz CT molecular complexity index is 857. The minimum Gasteiger partial charge on any atom is -0.370 e. The highest BCUT2D eigenvalue weighted by Crippen LogP contribution is 2.37. The lowest BCUT2D eigenvalue weighted by molar-refractivity contribution is 0.203. The number of halogens is 2. The first-order chi connectivity index (χ1) is 11.9. The third-order valence-electron chi connectivity index (χ3n) is 4.34. The van der Waals surface area contributed by atoms with Gasteiger partial charge in [0.15, 0.2) is 5.96 Å². The molecule has 1 aliphatic heterocycles. The number of aryl methyl sites for hydroxylation is 1. The minimum absolute atomic E-state index is 0.272. The van der Waals surface area contributed by atoms with Crippen LogP contribution < -0.4 is 11.5 Å². The van der Waals surface area contributed by atoms with Crippen LogP contribution in [0.15, 0.2) is 35.3 Å². The molecule has 25 heavy (non-hydrogen) atoms. The molecule has 1 aliphatic rings. The van der Waals surface area contributed by atoms with Crippen LogP contribution in [0.3, 0.4) is 0 Å². The van der Waals surface area contributed by atoms with Crippen LogP contribution in [0.1, 0.15) is 16.7 Å². The molecule has 5 nitrogen and oxygen atoms in total. The molecule has 0 saturated heterocycles. The summed E-state index contributed by atoms with van der Waals surface area (Å²) < 4.78 is 14.5. The number of nitrogens with zero attached hydrogens (tertiary/aromatic N) is 2. The van der Waals surface area contributed by atoms with Gasteiger partial charge in [0.1, 0.15) is 5.82 Å². The molecule has 0 radical (unpaired) electrons. The van der Waals surface area contributed by atoms with Crippen LogP contribution in [-0.4, -0.2) is 23.4 Å². The number of amides is 2. The second-order valence-electron chi connectivity index (χ2n) is 5.97. The van der Waals surface area contributed by atoms with Crippen molar-refractivity contribution in [2.45, 2.75) is 19.9 Å². The monoisotopic (exact) mass is 360 g/mol. The van der Waals surface area contributed by atoms with Crippen LogP contribution in [0.4, 0.5) is 9.18 Å². The molecule has 0 bridgehead atoms. The van der Waals surface area contributed by atoms with Crippen molar-refractivity contribution in [2.75, 3.05) is 6.54 Å². The largest absolute Gasteiger partial charge is 0.370 e. The van der Waals surface area contributed by atoms with Crippen LogP contribution >= 0.6 is 11.6 Å². The van der Waals surface area contributed by atoms with Gasteiger partial charge in [-0.3, -0.25) is 0 Å². The number of rotatable bonds is 1. The van der Waals surface area contributed by atoms with Crippen LogP contribution in [0, 0.1) is 12.7 Å². The number of carbonyl (C=O) groups excluding carboxylic acids is 1. The quantitative estimate of drug-likeness (QED) is 0.605. The number of hydrogen-bond acceptors (Lipinski definition) is 1. The van der Waals surface area contributed by atoms with E-state index in [0.29, 0.717) is 23.6 Å². The van der Waals surface area contributed by atoms with E-state index in [-0.39, 0.29) is 18.3 Å². The van der Waals surface area contributed by atoms with E-state index in [1.165, 1.54) is 11.0 Å². The van der Waals surface area contributed by atoms with E-state index in [1.807, 2.05) is 13.0 Å². The highest BCUT2D eigenvalue weighted by Gasteiger charge is 2.26. The van der Waals surface area contributed by atoms with E-state index < -0.39 is 6.03 Å². The van der Waals surface area contributed by atoms with Gasteiger partial charge in [-0.15, -0.1) is 0 Å². The number of nitrogens with two attached hydrogens (primary N) is 2. The highest BCUT2D eigenvalue weighted by atomic mass is 35.5. The topological polar surface area (TPSA) is 84.7 Å². The molecule has 0 atom stereocenters. The molecule has 4 N–H and O–H groups in total. The summed E-state index contributed by atoms with van der Waals surface area (Å²) in [6, 6.07) is 8.00. The summed E-state index contributed by atoms with van der Waals surface area (Å²) in [5, 5.41) is 0.613. The molecule has 7 heteroatoms. The lowest BCUT2D eigenvalue weighted by atomic mass is 9.89. The molecule has 2 aromatic carbocycles. The van der Waals surface area contributed by atoms with Crippen molar-refractivity contribution < 1.29 is 9.18 Å². The molecule has 3 rings (SSSR count). The van der Waals surface area contributed by atoms with Crippen molar-refractivity contribution in [3.63, 3.8) is 0 Å². The summed E-state index contributed by atoms with van der Waals surface area (Å²) in [6.45, 7) is 2.57. The van der Waals surface area contributed by atoms with Gasteiger partial charge in [-0.05, 0) is 47.7 Å². The van der Waals surface area contributed by atoms with E-state index in [2.05, 4.69) is 4.99 Å². The van der Waals surface area contributed by atoms with Gasteiger partial charge in [-0.1, -0.05) is 29.8 Å². The molecule has 2 amide bonds. The Labute approximate surface area is 150 Å². The summed E-state index contributed by atoms with van der Waals surface area (Å²) in [5.74, 6) is -0.593. The van der Waals surface area contributed by atoms with Crippen molar-refractivity contribution in [3.8, 4) is 11.1 Å². The van der Waals surface area contributed by atoms with Gasteiger partial charge in [-0.25, -0.2) is 9.18 Å². The number of urea groups is 1. The van der Waals surface area contributed by atoms with E-state index in [1.54, 1.807) is 18.2 Å². The van der Waals surface area contributed by atoms with Crippen molar-refractivity contribution in [3.05, 3.63) is 57.9 Å². The van der Waals surface area contributed by atoms with E-state index in [4.69, 9.17) is 23.1 Å². The van der Waals surface area contributed by atoms with Crippen molar-refractivity contribution in [1.29, 1.82) is 0 Å². The Morgan fingerprint density at radius 2 is 2.00 bits per heavy atom. The number of fused-ring (bicyclic) bond motifs is 1. The fourth-order valence-corrected chi connectivity index (χ4v) is 3.46. The molecule has 0 fully saturated rings. The first-order valence-corrected chi connectivity index (χ1v) is 8.20. The number of aliphatic imine (C=N–C) groups is 1. The molecule has 130 valence electrons. The Morgan fingerprint density at radius 3 is 2.68 bits per heavy atom. The SMILES string of the molecule is Cc1cccc(F)c1-c1ccc(Cl)c2c1CN(C(=O)N=C(N)N)CC2. The van der Waals surface area contributed by atoms with E-state index >= 15 is 0 Å². The second kappa shape index (κ2) is 6.72. The third-order valence-corrected chi connectivity index (χ3v) is 4.70. The Kier molecular flexibility index (Phi) is 4.63. The van der Waals surface area contributed by atoms with Crippen molar-refractivity contribution >= 4 is 23.6 Å². The van der Waals surface area contributed by atoms with Crippen molar-refractivity contribution in [2.24, 2.45) is 16.5 Å². The van der Waals surface area contributed by atoms with Crippen molar-refractivity contribution in [1.82, 2.24) is 4.90 Å². The van der Waals surface area contributed by atoms with Gasteiger partial charge in [-0.2, -0.15) is 4.99 Å². The van der Waals surface area contributed by atoms with Gasteiger partial charge in [0.05, 0.1) is 0 Å². The van der Waals surface area contributed by atoms with Gasteiger partial charge in [0.2, 0.25) is 0 Å². The minimum atomic E-state index is -0.512. The maximum absolute atomic E-state index is 14.5. The number of carbonyl (C=O) groups is 1. The normalized spacial score (nSPS) is 13.3. The second-order valence-corrected chi connectivity index (χ2v) is 6.38. The molecular weight excluding hydrogens is 343 g/mol. The third kappa shape index (κ3) is 3.30. The predicted molar refractivity (Wildman–Crippen MR) is 96.9 cm³/mol. The molecular formula is C18H18ClFN4O. The number of hydrogen-bond donors (Lipinski definition) is 2. The molecule has 0 spiro atoms. The highest BCUT2D eigenvalue weighted by molar-refractivity contribution is 6.31. The lowest BCUT2D eigenvalue weighted by Gasteiger charge is -2.30. The maximum atomic E-state index is 14.5. The fourth-order valence-electron chi connectivity index (χ4n) is 3.18. The first kappa shape index (κ1) is 17.2. The molecule has 0 aliphatic carbocycles. The Morgan fingerprint density at radius 1 is 1.24 bits per heavy atom. The molecule has 0 saturated carbocycles. The van der Waals surface area contributed by atoms with E-state index in [9.17, 15) is 9.18 Å². The summed E-state index contributed by atoms with van der Waals surface area (Å²) in [4.78, 5) is 17.3. The maximum Gasteiger partial charge on any atom is 0.347 e. The van der Waals surface area contributed by atoms with Crippen LogP contribution in [0.5, 0.6) is 0 Å².